The maximum atomic E-state index is 11.2. The summed E-state index contributed by atoms with van der Waals surface area (Å²) < 4.78 is 2.18. The van der Waals surface area contributed by atoms with Gasteiger partial charge in [-0.15, -0.1) is 0 Å². The van der Waals surface area contributed by atoms with E-state index in [2.05, 4.69) is 37.6 Å². The molecule has 4 heteroatoms. The molecule has 0 N–H and O–H groups in total. The molecule has 0 bridgehead atoms. The molecule has 0 radical (unpaired) electrons. The average molecular weight is 322 g/mol. The van der Waals surface area contributed by atoms with Crippen molar-refractivity contribution in [2.24, 2.45) is 13.0 Å². The van der Waals surface area contributed by atoms with Gasteiger partial charge in [-0.2, -0.15) is 0 Å². The average Bonchev–Trinajstić information content (AvgIpc) is 2.85. The van der Waals surface area contributed by atoms with E-state index in [-0.39, 0.29) is 10.6 Å². The van der Waals surface area contributed by atoms with E-state index in [9.17, 15) is 10.1 Å². The summed E-state index contributed by atoms with van der Waals surface area (Å²) in [5.41, 5.74) is 4.66. The number of nitro groups is 1. The van der Waals surface area contributed by atoms with Crippen molar-refractivity contribution in [1.29, 1.82) is 0 Å². The Morgan fingerprint density at radius 3 is 2.46 bits per heavy atom. The smallest absolute Gasteiger partial charge is 0.270 e. The summed E-state index contributed by atoms with van der Waals surface area (Å²) in [6.45, 7) is 4.44. The molecule has 124 valence electrons. The lowest BCUT2D eigenvalue weighted by Crippen LogP contribution is -2.00. The molecule has 0 aliphatic heterocycles. The molecular weight excluding hydrogens is 300 g/mol. The maximum absolute atomic E-state index is 11.2. The first-order valence-electron chi connectivity index (χ1n) is 8.30. The number of hydrogen-bond donors (Lipinski definition) is 0. The van der Waals surface area contributed by atoms with Gasteiger partial charge in [0.15, 0.2) is 0 Å². The number of fused-ring (bicyclic) bond motifs is 1. The van der Waals surface area contributed by atoms with Gasteiger partial charge in [0.25, 0.3) is 5.69 Å². The number of rotatable bonds is 5. The van der Waals surface area contributed by atoms with Crippen molar-refractivity contribution < 1.29 is 4.92 Å². The number of nitrogens with zero attached hydrogens (tertiary/aromatic N) is 2. The fourth-order valence-corrected chi connectivity index (χ4v) is 3.24. The highest BCUT2D eigenvalue weighted by molar-refractivity contribution is 5.99. The Kier molecular flexibility index (Phi) is 4.38. The van der Waals surface area contributed by atoms with E-state index in [4.69, 9.17) is 0 Å². The largest absolute Gasteiger partial charge is 0.347 e. The van der Waals surface area contributed by atoms with Gasteiger partial charge in [0.05, 0.1) is 4.92 Å². The van der Waals surface area contributed by atoms with E-state index in [0.29, 0.717) is 5.92 Å². The number of aromatic nitrogens is 1. The molecule has 0 fully saturated rings. The van der Waals surface area contributed by atoms with Gasteiger partial charge in [0.2, 0.25) is 0 Å². The first-order valence-corrected chi connectivity index (χ1v) is 8.30. The lowest BCUT2D eigenvalue weighted by atomic mass is 9.97. The zero-order valence-electron chi connectivity index (χ0n) is 14.3. The van der Waals surface area contributed by atoms with Crippen LogP contribution in [-0.4, -0.2) is 9.49 Å². The van der Waals surface area contributed by atoms with Gasteiger partial charge in [-0.25, -0.2) is 0 Å². The van der Waals surface area contributed by atoms with Crippen molar-refractivity contribution in [3.8, 4) is 11.1 Å². The Bertz CT molecular complexity index is 880. The minimum absolute atomic E-state index is 0.140. The minimum atomic E-state index is -0.324. The molecule has 0 aliphatic rings. The maximum Gasteiger partial charge on any atom is 0.270 e. The normalized spacial score (nSPS) is 11.3. The van der Waals surface area contributed by atoms with Crippen LogP contribution in [0.25, 0.3) is 22.0 Å². The third kappa shape index (κ3) is 2.92. The summed E-state index contributed by atoms with van der Waals surface area (Å²) in [6, 6.07) is 15.3. The third-order valence-electron chi connectivity index (χ3n) is 4.54. The molecule has 3 rings (SSSR count). The first kappa shape index (κ1) is 16.2. The quantitative estimate of drug-likeness (QED) is 0.470. The Hall–Kier alpha value is -2.62. The summed E-state index contributed by atoms with van der Waals surface area (Å²) in [6.07, 6.45) is 2.05. The van der Waals surface area contributed by atoms with Gasteiger partial charge in [0.1, 0.15) is 0 Å². The van der Waals surface area contributed by atoms with Crippen LogP contribution in [0.5, 0.6) is 0 Å². The number of nitro benzene ring substituents is 1. The SMILES string of the molecule is CC(C)CCc1c(-c2ccccc2)c2cc([N+](=O)[O-])ccc2n1C. The lowest BCUT2D eigenvalue weighted by Gasteiger charge is -2.10. The van der Waals surface area contributed by atoms with Crippen LogP contribution in [0.3, 0.4) is 0 Å². The zero-order valence-corrected chi connectivity index (χ0v) is 14.3. The molecule has 0 unspecified atom stereocenters. The fraction of sp³-hybridized carbons (Fsp3) is 0.300. The van der Waals surface area contributed by atoms with Crippen LogP contribution in [-0.2, 0) is 13.5 Å². The summed E-state index contributed by atoms with van der Waals surface area (Å²) in [7, 11) is 2.05. The summed E-state index contributed by atoms with van der Waals surface area (Å²) in [5, 5.41) is 12.2. The molecule has 2 aromatic carbocycles. The topological polar surface area (TPSA) is 48.1 Å². The standard InChI is InChI=1S/C20H22N2O2/c1-14(2)9-11-19-20(15-7-5-4-6-8-15)17-13-16(22(23)24)10-12-18(17)21(19)3/h4-8,10,12-14H,9,11H2,1-3H3. The first-order chi connectivity index (χ1) is 11.5. The van der Waals surface area contributed by atoms with Gasteiger partial charge < -0.3 is 4.57 Å². The van der Waals surface area contributed by atoms with E-state index in [1.807, 2.05) is 24.3 Å². The molecule has 0 amide bonds. The molecule has 0 spiro atoms. The molecule has 1 aromatic heterocycles. The van der Waals surface area contributed by atoms with Crippen molar-refractivity contribution in [3.05, 3.63) is 64.3 Å². The monoisotopic (exact) mass is 322 g/mol. The highest BCUT2D eigenvalue weighted by Gasteiger charge is 2.19. The van der Waals surface area contributed by atoms with Crippen LogP contribution in [0.15, 0.2) is 48.5 Å². The van der Waals surface area contributed by atoms with Crippen molar-refractivity contribution >= 4 is 16.6 Å². The van der Waals surface area contributed by atoms with Crippen molar-refractivity contribution in [3.63, 3.8) is 0 Å². The summed E-state index contributed by atoms with van der Waals surface area (Å²) in [4.78, 5) is 10.9. The van der Waals surface area contributed by atoms with Gasteiger partial charge in [-0.3, -0.25) is 10.1 Å². The summed E-state index contributed by atoms with van der Waals surface area (Å²) >= 11 is 0. The van der Waals surface area contributed by atoms with Crippen LogP contribution in [0.1, 0.15) is 26.0 Å². The number of benzene rings is 2. The molecule has 4 nitrogen and oxygen atoms in total. The predicted octanol–water partition coefficient (Wildman–Crippen LogP) is 5.34. The van der Waals surface area contributed by atoms with Crippen LogP contribution in [0.4, 0.5) is 5.69 Å². The minimum Gasteiger partial charge on any atom is -0.347 e. The van der Waals surface area contributed by atoms with Gasteiger partial charge in [-0.1, -0.05) is 44.2 Å². The highest BCUT2D eigenvalue weighted by atomic mass is 16.6. The van der Waals surface area contributed by atoms with Crippen molar-refractivity contribution in [1.82, 2.24) is 4.57 Å². The Balaban J connectivity index is 2.27. The Labute approximate surface area is 141 Å². The molecule has 0 atom stereocenters. The Morgan fingerprint density at radius 2 is 1.83 bits per heavy atom. The molecule has 0 saturated carbocycles. The number of non-ortho nitro benzene ring substituents is 1. The van der Waals surface area contributed by atoms with Crippen molar-refractivity contribution in [2.45, 2.75) is 26.7 Å². The number of aryl methyl sites for hydroxylation is 1. The molecule has 24 heavy (non-hydrogen) atoms. The van der Waals surface area contributed by atoms with E-state index >= 15 is 0 Å². The van der Waals surface area contributed by atoms with Crippen LogP contribution < -0.4 is 0 Å². The molecule has 1 heterocycles. The Morgan fingerprint density at radius 1 is 1.12 bits per heavy atom. The second kappa shape index (κ2) is 6.48. The van der Waals surface area contributed by atoms with Crippen molar-refractivity contribution in [2.75, 3.05) is 0 Å². The highest BCUT2D eigenvalue weighted by Crippen LogP contribution is 2.37. The van der Waals surface area contributed by atoms with E-state index < -0.39 is 0 Å². The lowest BCUT2D eigenvalue weighted by molar-refractivity contribution is -0.384. The van der Waals surface area contributed by atoms with Gasteiger partial charge in [-0.05, 0) is 30.4 Å². The van der Waals surface area contributed by atoms with Crippen LogP contribution in [0.2, 0.25) is 0 Å². The molecule has 0 saturated heterocycles. The zero-order chi connectivity index (χ0) is 17.3. The van der Waals surface area contributed by atoms with Gasteiger partial charge >= 0.3 is 0 Å². The van der Waals surface area contributed by atoms with E-state index in [1.165, 1.54) is 5.69 Å². The summed E-state index contributed by atoms with van der Waals surface area (Å²) in [5.74, 6) is 0.612. The van der Waals surface area contributed by atoms with E-state index in [1.54, 1.807) is 12.1 Å². The second-order valence-electron chi connectivity index (χ2n) is 6.64. The second-order valence-corrected chi connectivity index (χ2v) is 6.64. The van der Waals surface area contributed by atoms with Crippen LogP contribution in [0, 0.1) is 16.0 Å². The third-order valence-corrected chi connectivity index (χ3v) is 4.54. The molecular formula is C20H22N2O2. The van der Waals surface area contributed by atoms with Crippen LogP contribution >= 0.6 is 0 Å². The fourth-order valence-electron chi connectivity index (χ4n) is 3.24. The molecule has 3 aromatic rings. The van der Waals surface area contributed by atoms with Gasteiger partial charge in [0, 0.05) is 41.3 Å². The molecule has 0 aliphatic carbocycles. The predicted molar refractivity (Wildman–Crippen MR) is 98.2 cm³/mol. The number of hydrogen-bond acceptors (Lipinski definition) is 2. The van der Waals surface area contributed by atoms with E-state index in [0.717, 1.165) is 34.9 Å².